The van der Waals surface area contributed by atoms with Crippen LogP contribution in [0.2, 0.25) is 0 Å². The van der Waals surface area contributed by atoms with Crippen LogP contribution in [0.25, 0.3) is 11.0 Å². The molecule has 80 valence electrons. The summed E-state index contributed by atoms with van der Waals surface area (Å²) in [7, 11) is 0. The van der Waals surface area contributed by atoms with Crippen molar-refractivity contribution in [2.24, 2.45) is 5.73 Å². The maximum atomic E-state index is 5.95. The highest BCUT2D eigenvalue weighted by atomic mass is 16.3. The first-order chi connectivity index (χ1) is 7.13. The van der Waals surface area contributed by atoms with Crippen LogP contribution in [-0.4, -0.2) is 0 Å². The zero-order valence-corrected chi connectivity index (χ0v) is 9.50. The molecule has 0 radical (unpaired) electrons. The molecule has 2 heteroatoms. The Bertz CT molecular complexity index is 484. The number of hydrogen-bond acceptors (Lipinski definition) is 2. The predicted molar refractivity (Wildman–Crippen MR) is 62.9 cm³/mol. The molecule has 2 nitrogen and oxygen atoms in total. The molecule has 1 unspecified atom stereocenters. The molecule has 0 aliphatic carbocycles. The smallest absolute Gasteiger partial charge is 0.137 e. The Balaban J connectivity index is 2.61. The van der Waals surface area contributed by atoms with Crippen molar-refractivity contribution in [3.63, 3.8) is 0 Å². The normalized spacial score (nSPS) is 13.3. The van der Waals surface area contributed by atoms with Crippen molar-refractivity contribution in [3.8, 4) is 0 Å². The molecule has 2 N–H and O–H groups in total. The van der Waals surface area contributed by atoms with Crippen molar-refractivity contribution in [2.45, 2.75) is 33.2 Å². The van der Waals surface area contributed by atoms with Crippen molar-refractivity contribution in [1.82, 2.24) is 0 Å². The van der Waals surface area contributed by atoms with E-state index < -0.39 is 0 Å². The fourth-order valence-electron chi connectivity index (χ4n) is 1.74. The lowest BCUT2D eigenvalue weighted by molar-refractivity contribution is 0.487. The van der Waals surface area contributed by atoms with Gasteiger partial charge in [-0.15, -0.1) is 0 Å². The molecular formula is C13H17NO. The minimum absolute atomic E-state index is 0.0112. The summed E-state index contributed by atoms with van der Waals surface area (Å²) in [5.41, 5.74) is 9.40. The standard InChI is InChI=1S/C13H17NO/c1-4-11(14)12-7-10-6-5-8(2)9(3)13(10)15-12/h5-7,11H,4,14H2,1-3H3. The number of benzene rings is 1. The van der Waals surface area contributed by atoms with Gasteiger partial charge in [-0.3, -0.25) is 0 Å². The molecule has 0 saturated carbocycles. The van der Waals surface area contributed by atoms with Crippen LogP contribution in [0.3, 0.4) is 0 Å². The molecule has 2 rings (SSSR count). The molecule has 2 aromatic rings. The molecule has 15 heavy (non-hydrogen) atoms. The largest absolute Gasteiger partial charge is 0.459 e. The SMILES string of the molecule is CCC(N)c1cc2ccc(C)c(C)c2o1. The summed E-state index contributed by atoms with van der Waals surface area (Å²) >= 11 is 0. The topological polar surface area (TPSA) is 39.2 Å². The van der Waals surface area contributed by atoms with Gasteiger partial charge in [0.25, 0.3) is 0 Å². The quantitative estimate of drug-likeness (QED) is 0.811. The van der Waals surface area contributed by atoms with Gasteiger partial charge < -0.3 is 10.2 Å². The first kappa shape index (κ1) is 10.2. The van der Waals surface area contributed by atoms with Gasteiger partial charge in [-0.1, -0.05) is 19.1 Å². The second-order valence-electron chi connectivity index (χ2n) is 4.09. The number of nitrogens with two attached hydrogens (primary N) is 1. The molecule has 0 spiro atoms. The van der Waals surface area contributed by atoms with E-state index in [0.29, 0.717) is 0 Å². The fraction of sp³-hybridized carbons (Fsp3) is 0.385. The highest BCUT2D eigenvalue weighted by Crippen LogP contribution is 2.28. The third-order valence-corrected chi connectivity index (χ3v) is 3.03. The molecular weight excluding hydrogens is 186 g/mol. The maximum absolute atomic E-state index is 5.95. The lowest BCUT2D eigenvalue weighted by Crippen LogP contribution is -2.06. The van der Waals surface area contributed by atoms with Gasteiger partial charge in [0.15, 0.2) is 0 Å². The molecule has 0 bridgehead atoms. The van der Waals surface area contributed by atoms with Crippen LogP contribution in [0, 0.1) is 13.8 Å². The lowest BCUT2D eigenvalue weighted by Gasteiger charge is -2.03. The van der Waals surface area contributed by atoms with E-state index in [-0.39, 0.29) is 6.04 Å². The fourth-order valence-corrected chi connectivity index (χ4v) is 1.74. The van der Waals surface area contributed by atoms with Gasteiger partial charge in [-0.05, 0) is 37.5 Å². The van der Waals surface area contributed by atoms with Gasteiger partial charge in [0.1, 0.15) is 11.3 Å². The average molecular weight is 203 g/mol. The van der Waals surface area contributed by atoms with Crippen LogP contribution in [0.15, 0.2) is 22.6 Å². The van der Waals surface area contributed by atoms with Gasteiger partial charge >= 0.3 is 0 Å². The zero-order chi connectivity index (χ0) is 11.0. The summed E-state index contributed by atoms with van der Waals surface area (Å²) in [5, 5.41) is 1.15. The Hall–Kier alpha value is -1.28. The number of furan rings is 1. The number of aryl methyl sites for hydroxylation is 2. The molecule has 0 amide bonds. The summed E-state index contributed by atoms with van der Waals surface area (Å²) in [6, 6.07) is 6.27. The van der Waals surface area contributed by atoms with Crippen LogP contribution < -0.4 is 5.73 Å². The third-order valence-electron chi connectivity index (χ3n) is 3.03. The Morgan fingerprint density at radius 3 is 2.73 bits per heavy atom. The lowest BCUT2D eigenvalue weighted by atomic mass is 10.1. The first-order valence-corrected chi connectivity index (χ1v) is 5.38. The molecule has 0 saturated heterocycles. The predicted octanol–water partition coefficient (Wildman–Crippen LogP) is 3.46. The number of hydrogen-bond donors (Lipinski definition) is 1. The molecule has 1 heterocycles. The van der Waals surface area contributed by atoms with E-state index in [2.05, 4.69) is 39.0 Å². The zero-order valence-electron chi connectivity index (χ0n) is 9.50. The van der Waals surface area contributed by atoms with E-state index >= 15 is 0 Å². The molecule has 1 atom stereocenters. The minimum atomic E-state index is 0.0112. The summed E-state index contributed by atoms with van der Waals surface area (Å²) in [6.07, 6.45) is 0.901. The Kier molecular flexibility index (Phi) is 2.53. The van der Waals surface area contributed by atoms with E-state index in [1.165, 1.54) is 11.1 Å². The highest BCUT2D eigenvalue weighted by Gasteiger charge is 2.11. The van der Waals surface area contributed by atoms with Crippen LogP contribution in [0.1, 0.15) is 36.3 Å². The molecule has 1 aromatic heterocycles. The van der Waals surface area contributed by atoms with Crippen LogP contribution >= 0.6 is 0 Å². The average Bonchev–Trinajstić information content (AvgIpc) is 2.67. The highest BCUT2D eigenvalue weighted by molar-refractivity contribution is 5.82. The maximum Gasteiger partial charge on any atom is 0.137 e. The Morgan fingerprint density at radius 2 is 2.07 bits per heavy atom. The van der Waals surface area contributed by atoms with Gasteiger partial charge in [-0.25, -0.2) is 0 Å². The molecule has 0 aliphatic rings. The van der Waals surface area contributed by atoms with Crippen LogP contribution in [-0.2, 0) is 0 Å². The summed E-state index contributed by atoms with van der Waals surface area (Å²) < 4.78 is 5.81. The Morgan fingerprint density at radius 1 is 1.33 bits per heavy atom. The molecule has 1 aromatic carbocycles. The minimum Gasteiger partial charge on any atom is -0.459 e. The Labute approximate surface area is 90.1 Å². The first-order valence-electron chi connectivity index (χ1n) is 5.38. The molecule has 0 aliphatic heterocycles. The van der Waals surface area contributed by atoms with E-state index in [1.54, 1.807) is 0 Å². The monoisotopic (exact) mass is 203 g/mol. The third kappa shape index (κ3) is 1.65. The van der Waals surface area contributed by atoms with E-state index in [9.17, 15) is 0 Å². The van der Waals surface area contributed by atoms with E-state index in [1.807, 2.05) is 0 Å². The second kappa shape index (κ2) is 3.70. The van der Waals surface area contributed by atoms with Gasteiger partial charge in [0.2, 0.25) is 0 Å². The van der Waals surface area contributed by atoms with Crippen LogP contribution in [0.5, 0.6) is 0 Å². The number of fused-ring (bicyclic) bond motifs is 1. The van der Waals surface area contributed by atoms with Crippen molar-refractivity contribution in [2.75, 3.05) is 0 Å². The van der Waals surface area contributed by atoms with E-state index in [0.717, 1.165) is 23.2 Å². The summed E-state index contributed by atoms with van der Waals surface area (Å²) in [5.74, 6) is 0.890. The summed E-state index contributed by atoms with van der Waals surface area (Å²) in [6.45, 7) is 6.25. The van der Waals surface area contributed by atoms with E-state index in [4.69, 9.17) is 10.2 Å². The van der Waals surface area contributed by atoms with Crippen molar-refractivity contribution < 1.29 is 4.42 Å². The second-order valence-corrected chi connectivity index (χ2v) is 4.09. The van der Waals surface area contributed by atoms with Gasteiger partial charge in [0.05, 0.1) is 6.04 Å². The van der Waals surface area contributed by atoms with Gasteiger partial charge in [0, 0.05) is 5.39 Å². The molecule has 0 fully saturated rings. The van der Waals surface area contributed by atoms with Crippen LogP contribution in [0.4, 0.5) is 0 Å². The van der Waals surface area contributed by atoms with Crippen molar-refractivity contribution >= 4 is 11.0 Å². The van der Waals surface area contributed by atoms with Crippen molar-refractivity contribution in [1.29, 1.82) is 0 Å². The summed E-state index contributed by atoms with van der Waals surface area (Å²) in [4.78, 5) is 0. The van der Waals surface area contributed by atoms with Gasteiger partial charge in [-0.2, -0.15) is 0 Å². The van der Waals surface area contributed by atoms with Crippen molar-refractivity contribution in [3.05, 3.63) is 35.1 Å². The number of rotatable bonds is 2.